The molecule has 0 unspecified atom stereocenters. The molecule has 4 rings (SSSR count). The topological polar surface area (TPSA) is 53.7 Å². The summed E-state index contributed by atoms with van der Waals surface area (Å²) < 4.78 is 35.1. The second kappa shape index (κ2) is 10.4. The Balaban J connectivity index is 1.81. The second-order valence-corrected chi connectivity index (χ2v) is 16.7. The third-order valence-corrected chi connectivity index (χ3v) is 13.1. The average molecular weight is 534 g/mol. The molecule has 2 N–H and O–H groups in total. The molecule has 0 saturated carbocycles. The molecule has 0 radical (unpaired) electrons. The molecule has 1 heterocycles. The standard InChI is InChI=1S/C31H41BFNO3Si/c1-22(34)26-20-28(33)27(32-36-30(5,6)31(7,8)37-32)19-23(26)21-35-38(29(2,3)4,24-15-11-9-12-16-24)25-17-13-10-14-18-25/h9-20,22H,21,34H2,1-8H3/t22-/m1/s1. The van der Waals surface area contributed by atoms with Gasteiger partial charge in [-0.3, -0.25) is 0 Å². The van der Waals surface area contributed by atoms with E-state index in [2.05, 4.69) is 69.3 Å². The first-order valence-electron chi connectivity index (χ1n) is 13.4. The number of rotatable bonds is 7. The van der Waals surface area contributed by atoms with E-state index in [1.807, 2.05) is 52.8 Å². The average Bonchev–Trinajstić information content (AvgIpc) is 3.06. The van der Waals surface area contributed by atoms with Gasteiger partial charge in [0, 0.05) is 11.5 Å². The lowest BCUT2D eigenvalue weighted by molar-refractivity contribution is 0.00578. The molecule has 1 fully saturated rings. The largest absolute Gasteiger partial charge is 0.497 e. The van der Waals surface area contributed by atoms with Crippen LogP contribution < -0.4 is 21.6 Å². The van der Waals surface area contributed by atoms with Crippen molar-refractivity contribution in [2.24, 2.45) is 5.73 Å². The normalized spacial score (nSPS) is 18.0. The summed E-state index contributed by atoms with van der Waals surface area (Å²) >= 11 is 0. The van der Waals surface area contributed by atoms with Crippen molar-refractivity contribution in [1.82, 2.24) is 0 Å². The number of hydrogen-bond acceptors (Lipinski definition) is 4. The van der Waals surface area contributed by atoms with Crippen LogP contribution in [-0.4, -0.2) is 26.6 Å². The molecule has 4 nitrogen and oxygen atoms in total. The third kappa shape index (κ3) is 5.15. The van der Waals surface area contributed by atoms with E-state index >= 15 is 4.39 Å². The summed E-state index contributed by atoms with van der Waals surface area (Å²) in [7, 11) is -3.61. The Hall–Kier alpha value is -2.29. The van der Waals surface area contributed by atoms with Crippen LogP contribution in [0.1, 0.15) is 72.6 Å². The Bertz CT molecular complexity index is 1200. The van der Waals surface area contributed by atoms with Crippen LogP contribution in [0.5, 0.6) is 0 Å². The van der Waals surface area contributed by atoms with E-state index in [1.165, 1.54) is 16.4 Å². The van der Waals surface area contributed by atoms with Crippen LogP contribution >= 0.6 is 0 Å². The van der Waals surface area contributed by atoms with Crippen molar-refractivity contribution in [1.29, 1.82) is 0 Å². The molecular formula is C31H41BFNO3Si. The quantitative estimate of drug-likeness (QED) is 0.423. The molecule has 0 amide bonds. The minimum absolute atomic E-state index is 0.182. The molecule has 1 atom stereocenters. The van der Waals surface area contributed by atoms with Gasteiger partial charge in [0.15, 0.2) is 0 Å². The molecule has 0 bridgehead atoms. The first-order valence-corrected chi connectivity index (χ1v) is 15.3. The number of benzene rings is 3. The fourth-order valence-corrected chi connectivity index (χ4v) is 9.83. The predicted octanol–water partition coefficient (Wildman–Crippen LogP) is 5.22. The summed E-state index contributed by atoms with van der Waals surface area (Å²) in [4.78, 5) is 0. The lowest BCUT2D eigenvalue weighted by Gasteiger charge is -2.43. The van der Waals surface area contributed by atoms with Crippen molar-refractivity contribution in [3.8, 4) is 0 Å². The van der Waals surface area contributed by atoms with Gasteiger partial charge in [-0.1, -0.05) is 87.5 Å². The Morgan fingerprint density at radius 3 is 1.79 bits per heavy atom. The monoisotopic (exact) mass is 533 g/mol. The van der Waals surface area contributed by atoms with Gasteiger partial charge in [-0.15, -0.1) is 0 Å². The molecule has 3 aromatic carbocycles. The van der Waals surface area contributed by atoms with Crippen LogP contribution in [0.15, 0.2) is 72.8 Å². The van der Waals surface area contributed by atoms with Gasteiger partial charge in [-0.05, 0) is 67.2 Å². The Kier molecular flexibility index (Phi) is 7.83. The van der Waals surface area contributed by atoms with Gasteiger partial charge < -0.3 is 19.5 Å². The highest BCUT2D eigenvalue weighted by Gasteiger charge is 2.53. The third-order valence-electron chi connectivity index (χ3n) is 8.12. The fourth-order valence-electron chi connectivity index (χ4n) is 5.30. The van der Waals surface area contributed by atoms with E-state index in [0.29, 0.717) is 5.46 Å². The van der Waals surface area contributed by atoms with Crippen LogP contribution in [-0.2, 0) is 20.3 Å². The lowest BCUT2D eigenvalue weighted by Crippen LogP contribution is -2.66. The van der Waals surface area contributed by atoms with Crippen LogP contribution in [0.3, 0.4) is 0 Å². The molecule has 0 aromatic heterocycles. The van der Waals surface area contributed by atoms with Crippen LogP contribution in [0.2, 0.25) is 5.04 Å². The molecule has 38 heavy (non-hydrogen) atoms. The summed E-state index contributed by atoms with van der Waals surface area (Å²) in [6.45, 7) is 16.8. The van der Waals surface area contributed by atoms with Crippen molar-refractivity contribution in [2.75, 3.05) is 0 Å². The van der Waals surface area contributed by atoms with Gasteiger partial charge in [0.25, 0.3) is 8.32 Å². The van der Waals surface area contributed by atoms with E-state index in [4.69, 9.17) is 19.5 Å². The lowest BCUT2D eigenvalue weighted by atomic mass is 9.76. The minimum Gasteiger partial charge on any atom is -0.403 e. The van der Waals surface area contributed by atoms with Gasteiger partial charge in [0.1, 0.15) is 5.82 Å². The van der Waals surface area contributed by atoms with Crippen molar-refractivity contribution in [3.63, 3.8) is 0 Å². The van der Waals surface area contributed by atoms with Crippen LogP contribution in [0.25, 0.3) is 0 Å². The maximum Gasteiger partial charge on any atom is 0.497 e. The zero-order valence-corrected chi connectivity index (χ0v) is 25.0. The summed E-state index contributed by atoms with van der Waals surface area (Å²) in [5.74, 6) is -0.384. The minimum atomic E-state index is -2.80. The SMILES string of the molecule is C[C@@H](N)c1cc(F)c(B2OC(C)(C)C(C)(C)O2)cc1CO[Si](c1ccccc1)(c1ccccc1)C(C)(C)C. The molecule has 3 aromatic rings. The van der Waals surface area contributed by atoms with E-state index in [9.17, 15) is 0 Å². The maximum absolute atomic E-state index is 15.5. The summed E-state index contributed by atoms with van der Waals surface area (Å²) in [6, 6.07) is 24.0. The molecule has 1 aliphatic rings. The first kappa shape index (κ1) is 28.7. The second-order valence-electron chi connectivity index (χ2n) is 12.4. The fraction of sp³-hybridized carbons (Fsp3) is 0.419. The number of halogens is 1. The molecule has 202 valence electrons. The van der Waals surface area contributed by atoms with Crippen molar-refractivity contribution in [3.05, 3.63) is 89.7 Å². The van der Waals surface area contributed by atoms with E-state index in [-0.39, 0.29) is 23.5 Å². The van der Waals surface area contributed by atoms with E-state index in [1.54, 1.807) is 0 Å². The van der Waals surface area contributed by atoms with E-state index < -0.39 is 26.6 Å². The summed E-state index contributed by atoms with van der Waals surface area (Å²) in [6.07, 6.45) is 0. The Morgan fingerprint density at radius 2 is 1.37 bits per heavy atom. The molecule has 0 aliphatic carbocycles. The van der Waals surface area contributed by atoms with Crippen molar-refractivity contribution in [2.45, 2.75) is 84.3 Å². The Morgan fingerprint density at radius 1 is 0.895 bits per heavy atom. The maximum atomic E-state index is 15.5. The zero-order chi connectivity index (χ0) is 27.9. The summed E-state index contributed by atoms with van der Waals surface area (Å²) in [5.41, 5.74) is 7.14. The van der Waals surface area contributed by atoms with Gasteiger partial charge >= 0.3 is 7.12 Å². The first-order chi connectivity index (χ1) is 17.7. The highest BCUT2D eigenvalue weighted by atomic mass is 28.4. The van der Waals surface area contributed by atoms with Gasteiger partial charge in [-0.2, -0.15) is 0 Å². The van der Waals surface area contributed by atoms with Crippen LogP contribution in [0.4, 0.5) is 4.39 Å². The van der Waals surface area contributed by atoms with Crippen molar-refractivity contribution < 1.29 is 18.1 Å². The number of nitrogens with two attached hydrogens (primary N) is 1. The van der Waals surface area contributed by atoms with E-state index in [0.717, 1.165) is 11.1 Å². The van der Waals surface area contributed by atoms with Crippen molar-refractivity contribution >= 4 is 31.3 Å². The number of hydrogen-bond donors (Lipinski definition) is 1. The molecule has 1 saturated heterocycles. The predicted molar refractivity (Wildman–Crippen MR) is 157 cm³/mol. The Labute approximate surface area is 229 Å². The molecule has 0 spiro atoms. The zero-order valence-electron chi connectivity index (χ0n) is 24.0. The molecule has 1 aliphatic heterocycles. The summed E-state index contributed by atoms with van der Waals surface area (Å²) in [5, 5.41) is 2.20. The molecular weight excluding hydrogens is 492 g/mol. The highest BCUT2D eigenvalue weighted by molar-refractivity contribution is 6.99. The van der Waals surface area contributed by atoms with Gasteiger partial charge in [0.05, 0.1) is 17.8 Å². The highest BCUT2D eigenvalue weighted by Crippen LogP contribution is 2.39. The van der Waals surface area contributed by atoms with Gasteiger partial charge in [-0.25, -0.2) is 4.39 Å². The molecule has 7 heteroatoms. The van der Waals surface area contributed by atoms with Crippen LogP contribution in [0, 0.1) is 5.82 Å². The smallest absolute Gasteiger partial charge is 0.403 e. The van der Waals surface area contributed by atoms with Gasteiger partial charge in [0.2, 0.25) is 0 Å².